The molecule has 1 aliphatic heterocycles. The standard InChI is InChI=1S/C22H23N3O3/c1-28-21-8-3-2-6-18(21)16-24-15-5-14-23-13-4-7-20(23)22(24)17-9-11-19(12-10-17)25(26)27/h2-4,6-13,22H,5,14-16H2,1H3. The zero-order valence-corrected chi connectivity index (χ0v) is 15.8. The number of hydrogen-bond donors (Lipinski definition) is 0. The molecule has 1 aliphatic rings. The van der Waals surface area contributed by atoms with Gasteiger partial charge in [0.15, 0.2) is 0 Å². The number of para-hydroxylation sites is 1. The van der Waals surface area contributed by atoms with E-state index in [2.05, 4.69) is 33.9 Å². The minimum absolute atomic E-state index is 0.0308. The quantitative estimate of drug-likeness (QED) is 0.488. The summed E-state index contributed by atoms with van der Waals surface area (Å²) in [5.74, 6) is 0.879. The predicted molar refractivity (Wildman–Crippen MR) is 107 cm³/mol. The molecule has 1 unspecified atom stereocenters. The number of rotatable bonds is 5. The molecule has 1 aromatic heterocycles. The second-order valence-electron chi connectivity index (χ2n) is 7.01. The molecule has 0 fully saturated rings. The predicted octanol–water partition coefficient (Wildman–Crippen LogP) is 4.40. The van der Waals surface area contributed by atoms with Crippen LogP contribution in [0.5, 0.6) is 5.75 Å². The molecule has 0 saturated heterocycles. The van der Waals surface area contributed by atoms with Gasteiger partial charge in [-0.1, -0.05) is 30.3 Å². The van der Waals surface area contributed by atoms with Gasteiger partial charge in [-0.3, -0.25) is 15.0 Å². The Kier molecular flexibility index (Phi) is 5.12. The molecule has 1 atom stereocenters. The van der Waals surface area contributed by atoms with Gasteiger partial charge in [0.2, 0.25) is 0 Å². The van der Waals surface area contributed by atoms with Gasteiger partial charge in [-0.15, -0.1) is 0 Å². The van der Waals surface area contributed by atoms with Crippen LogP contribution in [0.15, 0.2) is 66.9 Å². The Balaban J connectivity index is 1.74. The molecule has 0 N–H and O–H groups in total. The van der Waals surface area contributed by atoms with E-state index >= 15 is 0 Å². The van der Waals surface area contributed by atoms with Gasteiger partial charge in [0.05, 0.1) is 18.1 Å². The molecule has 0 amide bonds. The number of non-ortho nitro benzene ring substituents is 1. The van der Waals surface area contributed by atoms with Crippen LogP contribution in [0.2, 0.25) is 0 Å². The second-order valence-corrected chi connectivity index (χ2v) is 7.01. The first kappa shape index (κ1) is 18.3. The molecule has 0 saturated carbocycles. The van der Waals surface area contributed by atoms with E-state index in [9.17, 15) is 10.1 Å². The summed E-state index contributed by atoms with van der Waals surface area (Å²) in [6, 6.07) is 19.3. The number of fused-ring (bicyclic) bond motifs is 1. The van der Waals surface area contributed by atoms with Crippen LogP contribution in [0.3, 0.4) is 0 Å². The third-order valence-electron chi connectivity index (χ3n) is 5.34. The van der Waals surface area contributed by atoms with Crippen molar-refractivity contribution < 1.29 is 9.66 Å². The highest BCUT2D eigenvalue weighted by atomic mass is 16.6. The number of benzene rings is 2. The van der Waals surface area contributed by atoms with Gasteiger partial charge in [0, 0.05) is 49.2 Å². The molecule has 0 aliphatic carbocycles. The summed E-state index contributed by atoms with van der Waals surface area (Å²) in [5.41, 5.74) is 3.52. The van der Waals surface area contributed by atoms with Gasteiger partial charge in [-0.25, -0.2) is 0 Å². The van der Waals surface area contributed by atoms with E-state index in [0.717, 1.165) is 42.9 Å². The molecular formula is C22H23N3O3. The van der Waals surface area contributed by atoms with Crippen LogP contribution in [0.25, 0.3) is 0 Å². The first-order chi connectivity index (χ1) is 13.7. The number of aryl methyl sites for hydroxylation is 1. The lowest BCUT2D eigenvalue weighted by Crippen LogP contribution is -2.29. The number of nitro groups is 1. The van der Waals surface area contributed by atoms with E-state index in [0.29, 0.717) is 0 Å². The molecule has 6 nitrogen and oxygen atoms in total. The molecule has 6 heteroatoms. The van der Waals surface area contributed by atoms with Crippen molar-refractivity contribution in [1.82, 2.24) is 9.47 Å². The maximum absolute atomic E-state index is 11.1. The Hall–Kier alpha value is -3.12. The van der Waals surface area contributed by atoms with Crippen LogP contribution >= 0.6 is 0 Å². The van der Waals surface area contributed by atoms with Crippen LogP contribution in [0.4, 0.5) is 5.69 Å². The van der Waals surface area contributed by atoms with E-state index < -0.39 is 0 Å². The Morgan fingerprint density at radius 1 is 1.07 bits per heavy atom. The van der Waals surface area contributed by atoms with E-state index in [1.165, 1.54) is 5.69 Å². The van der Waals surface area contributed by atoms with E-state index in [1.54, 1.807) is 19.2 Å². The monoisotopic (exact) mass is 377 g/mol. The van der Waals surface area contributed by atoms with E-state index in [4.69, 9.17) is 4.74 Å². The molecule has 0 bridgehead atoms. The van der Waals surface area contributed by atoms with Crippen molar-refractivity contribution in [2.24, 2.45) is 0 Å². The highest BCUT2D eigenvalue weighted by molar-refractivity contribution is 5.38. The summed E-state index contributed by atoms with van der Waals surface area (Å²) in [7, 11) is 1.69. The van der Waals surface area contributed by atoms with Gasteiger partial charge in [0.25, 0.3) is 5.69 Å². The third-order valence-corrected chi connectivity index (χ3v) is 5.34. The topological polar surface area (TPSA) is 60.5 Å². The normalized spacial score (nSPS) is 17.0. The summed E-state index contributed by atoms with van der Waals surface area (Å²) in [5, 5.41) is 11.1. The fourth-order valence-corrected chi connectivity index (χ4v) is 4.02. The fraction of sp³-hybridized carbons (Fsp3) is 0.273. The van der Waals surface area contributed by atoms with Crippen LogP contribution < -0.4 is 4.74 Å². The van der Waals surface area contributed by atoms with Gasteiger partial charge in [0.1, 0.15) is 5.75 Å². The number of nitro benzene ring substituents is 1. The summed E-state index contributed by atoms with van der Waals surface area (Å²) in [6.07, 6.45) is 3.15. The molecule has 4 rings (SSSR count). The van der Waals surface area contributed by atoms with Crippen LogP contribution in [-0.2, 0) is 13.1 Å². The second kappa shape index (κ2) is 7.86. The van der Waals surface area contributed by atoms with Crippen molar-refractivity contribution >= 4 is 5.69 Å². The smallest absolute Gasteiger partial charge is 0.269 e. The fourth-order valence-electron chi connectivity index (χ4n) is 4.02. The van der Waals surface area contributed by atoms with Crippen LogP contribution in [-0.4, -0.2) is 28.0 Å². The molecule has 28 heavy (non-hydrogen) atoms. The van der Waals surface area contributed by atoms with Gasteiger partial charge < -0.3 is 9.30 Å². The molecule has 2 aromatic carbocycles. The zero-order chi connectivity index (χ0) is 19.5. The van der Waals surface area contributed by atoms with Crippen LogP contribution in [0.1, 0.15) is 29.3 Å². The SMILES string of the molecule is COc1ccccc1CN1CCCn2cccc2C1c1ccc([N+](=O)[O-])cc1. The molecule has 3 aromatic rings. The molecule has 2 heterocycles. The summed E-state index contributed by atoms with van der Waals surface area (Å²) in [4.78, 5) is 13.1. The van der Waals surface area contributed by atoms with Crippen molar-refractivity contribution in [3.05, 3.63) is 93.8 Å². The van der Waals surface area contributed by atoms with E-state index in [-0.39, 0.29) is 16.7 Å². The first-order valence-corrected chi connectivity index (χ1v) is 9.42. The lowest BCUT2D eigenvalue weighted by Gasteiger charge is -2.31. The Labute approximate surface area is 164 Å². The number of hydrogen-bond acceptors (Lipinski definition) is 4. The lowest BCUT2D eigenvalue weighted by molar-refractivity contribution is -0.384. The molecule has 0 radical (unpaired) electrons. The summed E-state index contributed by atoms with van der Waals surface area (Å²) < 4.78 is 7.83. The minimum atomic E-state index is -0.355. The highest BCUT2D eigenvalue weighted by Crippen LogP contribution is 2.34. The number of ether oxygens (including phenoxy) is 1. The maximum Gasteiger partial charge on any atom is 0.269 e. The average Bonchev–Trinajstić information content (AvgIpc) is 3.10. The van der Waals surface area contributed by atoms with Crippen LogP contribution in [0, 0.1) is 10.1 Å². The third kappa shape index (κ3) is 3.51. The Morgan fingerprint density at radius 3 is 2.61 bits per heavy atom. The molecule has 0 spiro atoms. The molecular weight excluding hydrogens is 354 g/mol. The van der Waals surface area contributed by atoms with Crippen molar-refractivity contribution in [3.8, 4) is 5.75 Å². The number of aromatic nitrogens is 1. The molecule has 144 valence electrons. The van der Waals surface area contributed by atoms with Gasteiger partial charge in [-0.2, -0.15) is 0 Å². The largest absolute Gasteiger partial charge is 0.496 e. The van der Waals surface area contributed by atoms with Crippen molar-refractivity contribution in [2.75, 3.05) is 13.7 Å². The first-order valence-electron chi connectivity index (χ1n) is 9.42. The minimum Gasteiger partial charge on any atom is -0.496 e. The Morgan fingerprint density at radius 2 is 1.86 bits per heavy atom. The van der Waals surface area contributed by atoms with Gasteiger partial charge >= 0.3 is 0 Å². The van der Waals surface area contributed by atoms with Crippen molar-refractivity contribution in [2.45, 2.75) is 25.6 Å². The highest BCUT2D eigenvalue weighted by Gasteiger charge is 2.28. The summed E-state index contributed by atoms with van der Waals surface area (Å²) in [6.45, 7) is 2.65. The Bertz CT molecular complexity index is 965. The number of nitrogens with zero attached hydrogens (tertiary/aromatic N) is 3. The van der Waals surface area contributed by atoms with Crippen molar-refractivity contribution in [1.29, 1.82) is 0 Å². The lowest BCUT2D eigenvalue weighted by atomic mass is 10.0. The number of methoxy groups -OCH3 is 1. The summed E-state index contributed by atoms with van der Waals surface area (Å²) >= 11 is 0. The zero-order valence-electron chi connectivity index (χ0n) is 15.8. The average molecular weight is 377 g/mol. The van der Waals surface area contributed by atoms with E-state index in [1.807, 2.05) is 30.3 Å². The van der Waals surface area contributed by atoms with Gasteiger partial charge in [-0.05, 0) is 30.2 Å². The van der Waals surface area contributed by atoms with Crippen molar-refractivity contribution in [3.63, 3.8) is 0 Å². The maximum atomic E-state index is 11.1.